The second-order valence-corrected chi connectivity index (χ2v) is 5.56. The summed E-state index contributed by atoms with van der Waals surface area (Å²) in [6.45, 7) is 2.97. The van der Waals surface area contributed by atoms with Gasteiger partial charge in [0.1, 0.15) is 6.61 Å². The maximum absolute atomic E-state index is 12.2. The molecule has 3 N–H and O–H groups in total. The molecule has 2 rings (SSSR count). The summed E-state index contributed by atoms with van der Waals surface area (Å²) in [5.41, 5.74) is 6.47. The Morgan fingerprint density at radius 2 is 2.14 bits per heavy atom. The molecule has 0 unspecified atom stereocenters. The highest BCUT2D eigenvalue weighted by Crippen LogP contribution is 2.18. The summed E-state index contributed by atoms with van der Waals surface area (Å²) in [6, 6.07) is 9.00. The second kappa shape index (κ2) is 7.79. The Kier molecular flexibility index (Phi) is 5.77. The molecule has 2 amide bonds. The van der Waals surface area contributed by atoms with Crippen LogP contribution in [0, 0.1) is 0 Å². The molecule has 120 valence electrons. The van der Waals surface area contributed by atoms with Crippen molar-refractivity contribution >= 4 is 12.0 Å². The number of nitrogens with zero attached hydrogens (tertiary/aromatic N) is 1. The SMILES string of the molecule is C[C@H](N)C(=O)NC[C@H]1CCCN1C(=O)OCc1ccccc1. The van der Waals surface area contributed by atoms with E-state index in [4.69, 9.17) is 10.5 Å². The summed E-state index contributed by atoms with van der Waals surface area (Å²) >= 11 is 0. The Labute approximate surface area is 130 Å². The van der Waals surface area contributed by atoms with Crippen LogP contribution in [0.15, 0.2) is 30.3 Å². The highest BCUT2D eigenvalue weighted by atomic mass is 16.6. The quantitative estimate of drug-likeness (QED) is 0.857. The molecule has 0 radical (unpaired) electrons. The fourth-order valence-corrected chi connectivity index (χ4v) is 2.47. The molecule has 1 saturated heterocycles. The van der Waals surface area contributed by atoms with Crippen molar-refractivity contribution < 1.29 is 14.3 Å². The average Bonchev–Trinajstić information content (AvgIpc) is 2.99. The lowest BCUT2D eigenvalue weighted by Gasteiger charge is -2.24. The normalized spacial score (nSPS) is 18.8. The van der Waals surface area contributed by atoms with Crippen LogP contribution in [0.4, 0.5) is 4.79 Å². The monoisotopic (exact) mass is 305 g/mol. The first kappa shape index (κ1) is 16.3. The maximum atomic E-state index is 12.2. The van der Waals surface area contributed by atoms with Gasteiger partial charge in [0.2, 0.25) is 5.91 Å². The van der Waals surface area contributed by atoms with Crippen LogP contribution in [-0.4, -0.2) is 42.1 Å². The zero-order valence-electron chi connectivity index (χ0n) is 12.8. The topological polar surface area (TPSA) is 84.7 Å². The molecule has 1 aliphatic rings. The van der Waals surface area contributed by atoms with Gasteiger partial charge in [-0.25, -0.2) is 4.79 Å². The van der Waals surface area contributed by atoms with Gasteiger partial charge in [-0.15, -0.1) is 0 Å². The van der Waals surface area contributed by atoms with Crippen LogP contribution in [0.5, 0.6) is 0 Å². The molecule has 6 nitrogen and oxygen atoms in total. The van der Waals surface area contributed by atoms with Crippen molar-refractivity contribution in [3.8, 4) is 0 Å². The number of nitrogens with one attached hydrogen (secondary N) is 1. The predicted molar refractivity (Wildman–Crippen MR) is 83.0 cm³/mol. The lowest BCUT2D eigenvalue weighted by molar-refractivity contribution is -0.122. The lowest BCUT2D eigenvalue weighted by atomic mass is 10.2. The molecule has 1 aromatic carbocycles. The Hall–Kier alpha value is -2.08. The van der Waals surface area contributed by atoms with Crippen molar-refractivity contribution in [1.82, 2.24) is 10.2 Å². The fraction of sp³-hybridized carbons (Fsp3) is 0.500. The minimum atomic E-state index is -0.542. The van der Waals surface area contributed by atoms with Crippen LogP contribution in [0.25, 0.3) is 0 Å². The molecule has 0 saturated carbocycles. The van der Waals surface area contributed by atoms with Gasteiger partial charge in [0.15, 0.2) is 0 Å². The fourth-order valence-electron chi connectivity index (χ4n) is 2.47. The predicted octanol–water partition coefficient (Wildman–Crippen LogP) is 1.25. The van der Waals surface area contributed by atoms with Gasteiger partial charge in [-0.05, 0) is 25.3 Å². The summed E-state index contributed by atoms with van der Waals surface area (Å²) < 4.78 is 5.35. The molecular weight excluding hydrogens is 282 g/mol. The van der Waals surface area contributed by atoms with Crippen molar-refractivity contribution in [3.63, 3.8) is 0 Å². The van der Waals surface area contributed by atoms with E-state index < -0.39 is 6.04 Å². The van der Waals surface area contributed by atoms with Crippen LogP contribution >= 0.6 is 0 Å². The number of hydrogen-bond acceptors (Lipinski definition) is 4. The Balaban J connectivity index is 1.81. The van der Waals surface area contributed by atoms with Crippen molar-refractivity contribution in [1.29, 1.82) is 0 Å². The molecule has 1 aromatic rings. The molecular formula is C16H23N3O3. The van der Waals surface area contributed by atoms with E-state index in [2.05, 4.69) is 5.32 Å². The minimum Gasteiger partial charge on any atom is -0.445 e. The van der Waals surface area contributed by atoms with Crippen LogP contribution in [0.3, 0.4) is 0 Å². The molecule has 0 spiro atoms. The summed E-state index contributed by atoms with van der Waals surface area (Å²) in [4.78, 5) is 25.4. The van der Waals surface area contributed by atoms with E-state index in [0.717, 1.165) is 18.4 Å². The summed E-state index contributed by atoms with van der Waals surface area (Å²) in [5, 5.41) is 2.77. The maximum Gasteiger partial charge on any atom is 0.410 e. The molecule has 0 aromatic heterocycles. The third-order valence-electron chi connectivity index (χ3n) is 3.74. The molecule has 0 bridgehead atoms. The number of likely N-dealkylation sites (tertiary alicyclic amines) is 1. The van der Waals surface area contributed by atoms with Crippen LogP contribution in [-0.2, 0) is 16.1 Å². The van der Waals surface area contributed by atoms with E-state index in [0.29, 0.717) is 13.1 Å². The van der Waals surface area contributed by atoms with Gasteiger partial charge in [-0.3, -0.25) is 4.79 Å². The Morgan fingerprint density at radius 1 is 1.41 bits per heavy atom. The number of nitrogens with two attached hydrogens (primary N) is 1. The van der Waals surface area contributed by atoms with Gasteiger partial charge in [-0.2, -0.15) is 0 Å². The second-order valence-electron chi connectivity index (χ2n) is 5.56. The summed E-state index contributed by atoms with van der Waals surface area (Å²) in [6.07, 6.45) is 1.44. The lowest BCUT2D eigenvalue weighted by Crippen LogP contribution is -2.46. The van der Waals surface area contributed by atoms with E-state index in [-0.39, 0.29) is 24.6 Å². The van der Waals surface area contributed by atoms with Crippen LogP contribution in [0.1, 0.15) is 25.3 Å². The van der Waals surface area contributed by atoms with Crippen LogP contribution in [0.2, 0.25) is 0 Å². The van der Waals surface area contributed by atoms with Gasteiger partial charge in [0.05, 0.1) is 12.1 Å². The Morgan fingerprint density at radius 3 is 2.82 bits per heavy atom. The number of carbonyl (C=O) groups excluding carboxylic acids is 2. The number of benzene rings is 1. The van der Waals surface area contributed by atoms with E-state index in [9.17, 15) is 9.59 Å². The zero-order valence-corrected chi connectivity index (χ0v) is 12.8. The third-order valence-corrected chi connectivity index (χ3v) is 3.74. The molecule has 1 aliphatic heterocycles. The third kappa shape index (κ3) is 4.46. The smallest absolute Gasteiger partial charge is 0.410 e. The number of ether oxygens (including phenoxy) is 1. The largest absolute Gasteiger partial charge is 0.445 e. The van der Waals surface area contributed by atoms with Gasteiger partial charge >= 0.3 is 6.09 Å². The zero-order chi connectivity index (χ0) is 15.9. The van der Waals surface area contributed by atoms with Crippen molar-refractivity contribution in [2.45, 2.75) is 38.5 Å². The van der Waals surface area contributed by atoms with Crippen molar-refractivity contribution in [2.24, 2.45) is 5.73 Å². The molecule has 6 heteroatoms. The Bertz CT molecular complexity index is 505. The van der Waals surface area contributed by atoms with Gasteiger partial charge in [0, 0.05) is 13.1 Å². The van der Waals surface area contributed by atoms with E-state index in [1.165, 1.54) is 0 Å². The molecule has 1 heterocycles. The van der Waals surface area contributed by atoms with Gasteiger partial charge < -0.3 is 20.7 Å². The van der Waals surface area contributed by atoms with E-state index >= 15 is 0 Å². The summed E-state index contributed by atoms with van der Waals surface area (Å²) in [7, 11) is 0. The molecule has 1 fully saturated rings. The number of hydrogen-bond donors (Lipinski definition) is 2. The first-order valence-corrected chi connectivity index (χ1v) is 7.58. The van der Waals surface area contributed by atoms with Crippen molar-refractivity contribution in [3.05, 3.63) is 35.9 Å². The van der Waals surface area contributed by atoms with E-state index in [1.807, 2.05) is 30.3 Å². The highest BCUT2D eigenvalue weighted by molar-refractivity contribution is 5.81. The van der Waals surface area contributed by atoms with Gasteiger partial charge in [0.25, 0.3) is 0 Å². The standard InChI is InChI=1S/C16H23N3O3/c1-12(17)15(20)18-10-14-8-5-9-19(14)16(21)22-11-13-6-3-2-4-7-13/h2-4,6-7,12,14H,5,8-11,17H2,1H3,(H,18,20)/t12-,14+/m0/s1. The van der Waals surface area contributed by atoms with Gasteiger partial charge in [-0.1, -0.05) is 30.3 Å². The van der Waals surface area contributed by atoms with Crippen LogP contribution < -0.4 is 11.1 Å². The summed E-state index contributed by atoms with van der Waals surface area (Å²) in [5.74, 6) is -0.204. The van der Waals surface area contributed by atoms with Crippen molar-refractivity contribution in [2.75, 3.05) is 13.1 Å². The molecule has 22 heavy (non-hydrogen) atoms. The minimum absolute atomic E-state index is 0.0222. The van der Waals surface area contributed by atoms with E-state index in [1.54, 1.807) is 11.8 Å². The number of amides is 2. The average molecular weight is 305 g/mol. The first-order valence-electron chi connectivity index (χ1n) is 7.58. The first-order chi connectivity index (χ1) is 10.6. The highest BCUT2D eigenvalue weighted by Gasteiger charge is 2.30. The number of carbonyl (C=O) groups is 2. The molecule has 0 aliphatic carbocycles. The molecule has 2 atom stereocenters. The number of rotatable bonds is 5.